The zero-order valence-corrected chi connectivity index (χ0v) is 24.8. The molecule has 0 amide bonds. The van der Waals surface area contributed by atoms with Crippen LogP contribution in [0, 0.1) is 5.41 Å². The molecule has 6 rings (SSSR count). The van der Waals surface area contributed by atoms with Crippen molar-refractivity contribution >= 4 is 11.2 Å². The van der Waals surface area contributed by atoms with Gasteiger partial charge in [0.25, 0.3) is 5.56 Å². The van der Waals surface area contributed by atoms with Gasteiger partial charge in [-0.05, 0) is 51.1 Å². The fraction of sp³-hybridized carbons (Fsp3) is 0.273. The second-order valence-electron chi connectivity index (χ2n) is 11.9. The Morgan fingerprint density at radius 3 is 2.19 bits per heavy atom. The molecule has 1 N–H and O–H groups in total. The third kappa shape index (κ3) is 5.43. The molecule has 0 aliphatic carbocycles. The van der Waals surface area contributed by atoms with Crippen molar-refractivity contribution in [2.75, 3.05) is 0 Å². The first-order chi connectivity index (χ1) is 20.7. The SMILES string of the molecule is CCCn1c(=O)c2c(nc(CC(C)(C)C)n2Cc2ccc(-c3ccccc3-c3nnn[nH]3)cc2)n(-c2ccccc2)c1=O. The molecule has 0 unspecified atom stereocenters. The maximum atomic E-state index is 14.0. The van der Waals surface area contributed by atoms with E-state index in [1.807, 2.05) is 66.1 Å². The Balaban J connectivity index is 1.50. The highest BCUT2D eigenvalue weighted by atomic mass is 16.2. The Hall–Kier alpha value is -5.12. The van der Waals surface area contributed by atoms with Gasteiger partial charge in [0.2, 0.25) is 0 Å². The lowest BCUT2D eigenvalue weighted by molar-refractivity contribution is 0.394. The molecule has 0 radical (unpaired) electrons. The summed E-state index contributed by atoms with van der Waals surface area (Å²) < 4.78 is 4.91. The van der Waals surface area contributed by atoms with Crippen LogP contribution in [0.3, 0.4) is 0 Å². The van der Waals surface area contributed by atoms with Crippen LogP contribution in [0.5, 0.6) is 0 Å². The van der Waals surface area contributed by atoms with Crippen molar-refractivity contribution in [3.8, 4) is 28.2 Å². The normalized spacial score (nSPS) is 11.8. The van der Waals surface area contributed by atoms with Crippen LogP contribution in [0.25, 0.3) is 39.4 Å². The Kier molecular flexibility index (Phi) is 7.35. The minimum atomic E-state index is -0.373. The largest absolute Gasteiger partial charge is 0.337 e. The fourth-order valence-corrected chi connectivity index (χ4v) is 5.48. The van der Waals surface area contributed by atoms with Crippen molar-refractivity contribution < 1.29 is 0 Å². The molecule has 0 spiro atoms. The van der Waals surface area contributed by atoms with E-state index in [0.717, 1.165) is 28.1 Å². The molecule has 10 heteroatoms. The smallest absolute Gasteiger partial charge is 0.318 e. The monoisotopic (exact) mass is 574 g/mol. The lowest BCUT2D eigenvalue weighted by atomic mass is 9.92. The summed E-state index contributed by atoms with van der Waals surface area (Å²) in [7, 11) is 0. The van der Waals surface area contributed by atoms with Crippen molar-refractivity contribution in [1.82, 2.24) is 39.3 Å². The number of para-hydroxylation sites is 1. The van der Waals surface area contributed by atoms with Crippen LogP contribution in [0.15, 0.2) is 88.5 Å². The molecule has 0 aliphatic rings. The van der Waals surface area contributed by atoms with E-state index in [9.17, 15) is 9.59 Å². The van der Waals surface area contributed by atoms with Gasteiger partial charge in [-0.3, -0.25) is 9.36 Å². The third-order valence-corrected chi connectivity index (χ3v) is 7.39. The number of aromatic nitrogens is 8. The molecule has 3 heterocycles. The first kappa shape index (κ1) is 28.0. The molecule has 3 aromatic heterocycles. The maximum absolute atomic E-state index is 14.0. The maximum Gasteiger partial charge on any atom is 0.337 e. The predicted molar refractivity (Wildman–Crippen MR) is 167 cm³/mol. The molecule has 0 saturated heterocycles. The molecule has 43 heavy (non-hydrogen) atoms. The first-order valence-corrected chi connectivity index (χ1v) is 14.5. The lowest BCUT2D eigenvalue weighted by Gasteiger charge is -2.19. The van der Waals surface area contributed by atoms with Gasteiger partial charge >= 0.3 is 5.69 Å². The van der Waals surface area contributed by atoms with E-state index in [1.54, 1.807) is 4.57 Å². The van der Waals surface area contributed by atoms with Gasteiger partial charge < -0.3 is 4.57 Å². The molecule has 0 atom stereocenters. The Bertz CT molecular complexity index is 2000. The molecular weight excluding hydrogens is 540 g/mol. The number of rotatable bonds is 8. The van der Waals surface area contributed by atoms with Crippen LogP contribution in [0.4, 0.5) is 0 Å². The van der Waals surface area contributed by atoms with Crippen molar-refractivity contribution in [3.63, 3.8) is 0 Å². The second-order valence-corrected chi connectivity index (χ2v) is 11.9. The molecule has 0 saturated carbocycles. The quantitative estimate of drug-likeness (QED) is 0.266. The molecule has 218 valence electrons. The Labute approximate surface area is 248 Å². The number of nitrogens with zero attached hydrogens (tertiary/aromatic N) is 7. The van der Waals surface area contributed by atoms with Crippen LogP contribution in [-0.2, 0) is 19.5 Å². The van der Waals surface area contributed by atoms with Crippen molar-refractivity contribution in [1.29, 1.82) is 0 Å². The summed E-state index contributed by atoms with van der Waals surface area (Å²) in [6.07, 6.45) is 1.29. The minimum absolute atomic E-state index is 0.0947. The van der Waals surface area contributed by atoms with Gasteiger partial charge in [-0.25, -0.2) is 19.4 Å². The van der Waals surface area contributed by atoms with Crippen LogP contribution >= 0.6 is 0 Å². The number of hydrogen-bond acceptors (Lipinski definition) is 6. The Morgan fingerprint density at radius 2 is 1.53 bits per heavy atom. The standard InChI is InChI=1S/C33H34N8O2/c1-5-19-39-31(42)28-30(41(32(39)43)24-11-7-6-8-12-24)34-27(20-33(2,3)4)40(28)21-22-15-17-23(18-16-22)25-13-9-10-14-26(25)29-35-37-38-36-29/h6-18H,5,19-21H2,1-4H3,(H,35,36,37,38). The number of hydrogen-bond donors (Lipinski definition) is 1. The van der Waals surface area contributed by atoms with E-state index in [4.69, 9.17) is 4.98 Å². The van der Waals surface area contributed by atoms with Crippen molar-refractivity contribution in [2.45, 2.75) is 53.6 Å². The number of imidazole rings is 1. The summed E-state index contributed by atoms with van der Waals surface area (Å²) in [5.74, 6) is 1.37. The van der Waals surface area contributed by atoms with Gasteiger partial charge in [0.05, 0.1) is 5.69 Å². The number of nitrogens with one attached hydrogen (secondary N) is 1. The molecule has 10 nitrogen and oxygen atoms in total. The van der Waals surface area contributed by atoms with Gasteiger partial charge in [0.1, 0.15) is 5.82 Å². The third-order valence-electron chi connectivity index (χ3n) is 7.39. The van der Waals surface area contributed by atoms with E-state index in [-0.39, 0.29) is 16.7 Å². The zero-order chi connectivity index (χ0) is 30.1. The van der Waals surface area contributed by atoms with Gasteiger partial charge in [-0.1, -0.05) is 94.4 Å². The highest BCUT2D eigenvalue weighted by Crippen LogP contribution is 2.30. The van der Waals surface area contributed by atoms with E-state index < -0.39 is 0 Å². The molecule has 0 fully saturated rings. The molecular formula is C33H34N8O2. The first-order valence-electron chi connectivity index (χ1n) is 14.5. The highest BCUT2D eigenvalue weighted by Gasteiger charge is 2.25. The summed E-state index contributed by atoms with van der Waals surface area (Å²) in [6.45, 7) is 9.16. The van der Waals surface area contributed by atoms with Gasteiger partial charge in [-0.2, -0.15) is 0 Å². The lowest BCUT2D eigenvalue weighted by Crippen LogP contribution is -2.40. The molecule has 6 aromatic rings. The summed E-state index contributed by atoms with van der Waals surface area (Å²) in [5.41, 5.74) is 4.66. The van der Waals surface area contributed by atoms with Crippen LogP contribution in [0.2, 0.25) is 0 Å². The number of fused-ring (bicyclic) bond motifs is 1. The van der Waals surface area contributed by atoms with Crippen LogP contribution < -0.4 is 11.2 Å². The average Bonchev–Trinajstić information content (AvgIpc) is 3.65. The molecule has 0 aliphatic heterocycles. The number of aromatic amines is 1. The van der Waals surface area contributed by atoms with Crippen molar-refractivity contribution in [2.24, 2.45) is 5.41 Å². The van der Waals surface area contributed by atoms with Gasteiger partial charge in [0, 0.05) is 25.1 Å². The predicted octanol–water partition coefficient (Wildman–Crippen LogP) is 5.24. The number of tetrazole rings is 1. The molecule has 3 aromatic carbocycles. The Morgan fingerprint density at radius 1 is 0.837 bits per heavy atom. The van der Waals surface area contributed by atoms with E-state index in [0.29, 0.717) is 48.6 Å². The van der Waals surface area contributed by atoms with Crippen molar-refractivity contribution in [3.05, 3.63) is 111 Å². The molecule has 0 bridgehead atoms. The fourth-order valence-electron chi connectivity index (χ4n) is 5.48. The summed E-state index contributed by atoms with van der Waals surface area (Å²) in [6, 6.07) is 25.6. The topological polar surface area (TPSA) is 116 Å². The number of benzene rings is 3. The summed E-state index contributed by atoms with van der Waals surface area (Å²) >= 11 is 0. The summed E-state index contributed by atoms with van der Waals surface area (Å²) in [4.78, 5) is 32.7. The van der Waals surface area contributed by atoms with E-state index in [1.165, 1.54) is 4.57 Å². The minimum Gasteiger partial charge on any atom is -0.318 e. The highest BCUT2D eigenvalue weighted by molar-refractivity contribution is 5.80. The second kappa shape index (κ2) is 11.3. The van der Waals surface area contributed by atoms with E-state index in [2.05, 4.69) is 65.7 Å². The zero-order valence-electron chi connectivity index (χ0n) is 24.8. The average molecular weight is 575 g/mol. The van der Waals surface area contributed by atoms with Gasteiger partial charge in [0.15, 0.2) is 17.0 Å². The van der Waals surface area contributed by atoms with E-state index >= 15 is 0 Å². The van der Waals surface area contributed by atoms with Crippen LogP contribution in [-0.4, -0.2) is 39.3 Å². The van der Waals surface area contributed by atoms with Gasteiger partial charge in [-0.15, -0.1) is 5.10 Å². The summed E-state index contributed by atoms with van der Waals surface area (Å²) in [5, 5.41) is 14.4. The van der Waals surface area contributed by atoms with Crippen LogP contribution in [0.1, 0.15) is 45.5 Å². The number of H-pyrrole nitrogens is 1.